The quantitative estimate of drug-likeness (QED) is 0.182. The molecule has 0 aliphatic carbocycles. The fourth-order valence-corrected chi connectivity index (χ4v) is 4.87. The van der Waals surface area contributed by atoms with E-state index in [4.69, 9.17) is 5.73 Å². The van der Waals surface area contributed by atoms with Crippen LogP contribution in [0.5, 0.6) is 0 Å². The topological polar surface area (TPSA) is 117 Å². The first kappa shape index (κ1) is 26.2. The van der Waals surface area contributed by atoms with Crippen LogP contribution in [-0.4, -0.2) is 33.2 Å². The van der Waals surface area contributed by atoms with Crippen LogP contribution in [0, 0.1) is 0 Å². The van der Waals surface area contributed by atoms with Gasteiger partial charge in [0.15, 0.2) is 0 Å². The summed E-state index contributed by atoms with van der Waals surface area (Å²) in [6, 6.07) is 23.5. The number of sulfonamides is 1. The van der Waals surface area contributed by atoms with Crippen molar-refractivity contribution in [1.29, 1.82) is 0 Å². The number of nitrogens with one attached hydrogen (secondary N) is 3. The number of aromatic nitrogens is 1. The molecule has 10 heteroatoms. The Hall–Kier alpha value is -3.40. The van der Waals surface area contributed by atoms with Gasteiger partial charge in [0.1, 0.15) is 7.05 Å². The number of carbonyl (C=O) groups excluding carboxylic acids is 1. The number of carbonyl (C=O) groups is 1. The molecule has 1 amide bonds. The number of rotatable bonds is 9. The molecule has 35 heavy (non-hydrogen) atoms. The van der Waals surface area contributed by atoms with Gasteiger partial charge in [-0.15, -0.1) is 0 Å². The molecule has 1 heterocycles. The van der Waals surface area contributed by atoms with Crippen molar-refractivity contribution in [3.05, 3.63) is 72.8 Å². The van der Waals surface area contributed by atoms with E-state index in [1.165, 1.54) is 0 Å². The first-order valence-electron chi connectivity index (χ1n) is 11.0. The molecule has 4 aromatic rings. The zero-order valence-electron chi connectivity index (χ0n) is 19.3. The Kier molecular flexibility index (Phi) is 8.50. The highest BCUT2D eigenvalue weighted by Crippen LogP contribution is 2.32. The Bertz CT molecular complexity index is 1390. The van der Waals surface area contributed by atoms with Gasteiger partial charge >= 0.3 is 0 Å². The van der Waals surface area contributed by atoms with Gasteiger partial charge in [-0.2, -0.15) is 4.57 Å². The average Bonchev–Trinajstić information content (AvgIpc) is 2.83. The van der Waals surface area contributed by atoms with Gasteiger partial charge in [-0.3, -0.25) is 9.52 Å². The average molecular weight is 514 g/mol. The van der Waals surface area contributed by atoms with Crippen LogP contribution in [0.1, 0.15) is 6.42 Å². The summed E-state index contributed by atoms with van der Waals surface area (Å²) in [6.07, 6.45) is 0.173. The molecule has 3 aromatic carbocycles. The van der Waals surface area contributed by atoms with Crippen molar-refractivity contribution in [2.75, 3.05) is 28.9 Å². The molecule has 0 fully saturated rings. The van der Waals surface area contributed by atoms with Crippen molar-refractivity contribution in [1.82, 2.24) is 5.32 Å². The summed E-state index contributed by atoms with van der Waals surface area (Å²) >= 11 is 0. The largest absolute Gasteiger partial charge is 1.00 e. The minimum atomic E-state index is -3.60. The molecular weight excluding hydrogens is 486 g/mol. The maximum absolute atomic E-state index is 12.3. The van der Waals surface area contributed by atoms with E-state index in [1.807, 2.05) is 36.4 Å². The summed E-state index contributed by atoms with van der Waals surface area (Å²) in [7, 11) is -1.54. The maximum atomic E-state index is 12.3. The van der Waals surface area contributed by atoms with Crippen LogP contribution >= 0.6 is 0 Å². The number of pyridine rings is 1. The van der Waals surface area contributed by atoms with Crippen molar-refractivity contribution in [3.63, 3.8) is 0 Å². The third kappa shape index (κ3) is 6.19. The van der Waals surface area contributed by atoms with Crippen LogP contribution in [0.25, 0.3) is 21.8 Å². The minimum absolute atomic E-state index is 0. The Morgan fingerprint density at radius 2 is 1.43 bits per heavy atom. The molecule has 184 valence electrons. The van der Waals surface area contributed by atoms with E-state index in [-0.39, 0.29) is 43.6 Å². The monoisotopic (exact) mass is 513 g/mol. The Morgan fingerprint density at radius 1 is 0.886 bits per heavy atom. The first-order valence-corrected chi connectivity index (χ1v) is 12.7. The molecule has 0 saturated carbocycles. The van der Waals surface area contributed by atoms with E-state index < -0.39 is 10.0 Å². The fraction of sp³-hybridized carbons (Fsp3) is 0.200. The van der Waals surface area contributed by atoms with Crippen LogP contribution in [0.15, 0.2) is 72.8 Å². The number of aryl methyl sites for hydroxylation is 1. The van der Waals surface area contributed by atoms with Gasteiger partial charge in [0.05, 0.1) is 22.2 Å². The molecule has 0 atom stereocenters. The summed E-state index contributed by atoms with van der Waals surface area (Å²) in [6.45, 7) is 0.254. The number of fused-ring (bicyclic) bond motifs is 2. The van der Waals surface area contributed by atoms with Gasteiger partial charge < -0.3 is 28.8 Å². The highest BCUT2D eigenvalue weighted by atomic mass is 35.5. The van der Waals surface area contributed by atoms with E-state index in [1.54, 1.807) is 12.1 Å². The van der Waals surface area contributed by atoms with Crippen molar-refractivity contribution >= 4 is 54.8 Å². The molecule has 4 rings (SSSR count). The highest BCUT2D eigenvalue weighted by molar-refractivity contribution is 7.92. The van der Waals surface area contributed by atoms with Crippen LogP contribution < -0.4 is 38.1 Å². The number of halogens is 1. The van der Waals surface area contributed by atoms with Gasteiger partial charge in [0.25, 0.3) is 0 Å². The van der Waals surface area contributed by atoms with Gasteiger partial charge in [0, 0.05) is 43.0 Å². The van der Waals surface area contributed by atoms with Gasteiger partial charge in [-0.1, -0.05) is 24.3 Å². The summed E-state index contributed by atoms with van der Waals surface area (Å²) in [4.78, 5) is 11.4. The molecule has 1 aromatic heterocycles. The van der Waals surface area contributed by atoms with Crippen molar-refractivity contribution in [2.45, 2.75) is 6.42 Å². The van der Waals surface area contributed by atoms with Crippen molar-refractivity contribution in [2.24, 2.45) is 12.8 Å². The molecule has 0 unspecified atom stereocenters. The van der Waals surface area contributed by atoms with Crippen LogP contribution in [0.2, 0.25) is 0 Å². The van der Waals surface area contributed by atoms with Crippen molar-refractivity contribution in [3.8, 4) is 0 Å². The molecule has 0 aliphatic rings. The Morgan fingerprint density at radius 3 is 2.00 bits per heavy atom. The molecule has 0 spiro atoms. The number of nitrogens with zero attached hydrogens (tertiary/aromatic N) is 1. The van der Waals surface area contributed by atoms with E-state index in [0.717, 1.165) is 33.2 Å². The number of nitrogens with two attached hydrogens (primary N) is 1. The smallest absolute Gasteiger partial charge is 0.234 e. The predicted octanol–water partition coefficient (Wildman–Crippen LogP) is -0.228. The summed E-state index contributed by atoms with van der Waals surface area (Å²) in [5, 5.41) is 8.24. The summed E-state index contributed by atoms with van der Waals surface area (Å²) < 4.78 is 29.4. The number of para-hydroxylation sites is 2. The number of hydrogen-bond donors (Lipinski definition) is 4. The Labute approximate surface area is 211 Å². The Balaban J connectivity index is 0.00000342. The second-order valence-corrected chi connectivity index (χ2v) is 9.82. The highest BCUT2D eigenvalue weighted by Gasteiger charge is 2.17. The molecule has 8 nitrogen and oxygen atoms in total. The number of amides is 1. The lowest BCUT2D eigenvalue weighted by molar-refractivity contribution is -0.617. The zero-order valence-corrected chi connectivity index (χ0v) is 20.9. The van der Waals surface area contributed by atoms with Gasteiger partial charge in [-0.05, 0) is 36.4 Å². The molecule has 0 aliphatic heterocycles. The summed E-state index contributed by atoms with van der Waals surface area (Å²) in [5.41, 5.74) is 9.80. The minimum Gasteiger partial charge on any atom is -1.00 e. The number of hydrogen-bond acceptors (Lipinski definition) is 5. The van der Waals surface area contributed by atoms with E-state index in [2.05, 4.69) is 51.2 Å². The number of anilines is 3. The van der Waals surface area contributed by atoms with Crippen LogP contribution in [-0.2, 0) is 21.9 Å². The standard InChI is InChI=1S/C25H27N5O3S.ClH/c1-30-22-8-4-2-6-20(22)25(21-7-3-5-9-23(21)30)28-18-10-12-19(13-11-18)29-34(32,33)17-16-27-24(31)14-15-26;/h2-13,29H,14-17,26H2,1H3,(H,27,31);1H. The molecule has 0 saturated heterocycles. The molecular formula is C25H28ClN5O3S. The first-order chi connectivity index (χ1) is 16.4. The van der Waals surface area contributed by atoms with Crippen LogP contribution in [0.4, 0.5) is 17.1 Å². The normalized spacial score (nSPS) is 11.1. The fourth-order valence-electron chi connectivity index (χ4n) is 3.91. The van der Waals surface area contributed by atoms with Gasteiger partial charge in [0.2, 0.25) is 27.0 Å². The molecule has 0 radical (unpaired) electrons. The van der Waals surface area contributed by atoms with Crippen LogP contribution in [0.3, 0.4) is 0 Å². The third-order valence-corrected chi connectivity index (χ3v) is 6.85. The van der Waals surface area contributed by atoms with E-state index in [9.17, 15) is 13.2 Å². The lowest BCUT2D eigenvalue weighted by atomic mass is 10.1. The second kappa shape index (κ2) is 11.4. The third-order valence-electron chi connectivity index (χ3n) is 5.56. The lowest BCUT2D eigenvalue weighted by Gasteiger charge is -2.13. The molecule has 0 bridgehead atoms. The number of benzene rings is 3. The van der Waals surface area contributed by atoms with E-state index in [0.29, 0.717) is 5.69 Å². The van der Waals surface area contributed by atoms with Gasteiger partial charge in [-0.25, -0.2) is 8.42 Å². The summed E-state index contributed by atoms with van der Waals surface area (Å²) in [5.74, 6) is -0.481. The maximum Gasteiger partial charge on any atom is 0.234 e. The van der Waals surface area contributed by atoms with Crippen molar-refractivity contribution < 1.29 is 30.2 Å². The SMILES string of the molecule is C[n+]1c2ccccc2c(Nc2ccc(NS(=O)(=O)CCNC(=O)CCN)cc2)c2ccccc21.[Cl-]. The lowest BCUT2D eigenvalue weighted by Crippen LogP contribution is -3.00. The van der Waals surface area contributed by atoms with E-state index >= 15 is 0 Å². The molecule has 5 N–H and O–H groups in total. The second-order valence-electron chi connectivity index (χ2n) is 7.98. The zero-order chi connectivity index (χ0) is 24.1. The predicted molar refractivity (Wildman–Crippen MR) is 136 cm³/mol.